The first-order valence-corrected chi connectivity index (χ1v) is 9.27. The largest absolute Gasteiger partial charge is 0.374 e. The van der Waals surface area contributed by atoms with Crippen molar-refractivity contribution in [3.05, 3.63) is 29.6 Å². The van der Waals surface area contributed by atoms with Gasteiger partial charge in [0.05, 0.1) is 12.7 Å². The zero-order valence-electron chi connectivity index (χ0n) is 16.1. The molecule has 1 atom stereocenters. The maximum atomic E-state index is 5.87. The van der Waals surface area contributed by atoms with Gasteiger partial charge in [0.15, 0.2) is 5.96 Å². The molecular formula is C19H33N5O. The highest BCUT2D eigenvalue weighted by molar-refractivity contribution is 5.79. The number of guanidine groups is 1. The van der Waals surface area contributed by atoms with Crippen molar-refractivity contribution in [2.45, 2.75) is 33.3 Å². The summed E-state index contributed by atoms with van der Waals surface area (Å²) in [5.41, 5.74) is 2.28. The Kier molecular flexibility index (Phi) is 8.15. The number of nitrogens with zero attached hydrogens (tertiary/aromatic N) is 3. The van der Waals surface area contributed by atoms with Crippen molar-refractivity contribution in [1.82, 2.24) is 20.5 Å². The lowest BCUT2D eigenvalue weighted by Gasteiger charge is -2.34. The lowest BCUT2D eigenvalue weighted by molar-refractivity contribution is -0.0284. The summed E-state index contributed by atoms with van der Waals surface area (Å²) in [7, 11) is 1.80. The first kappa shape index (κ1) is 19.7. The molecule has 6 nitrogen and oxygen atoms in total. The van der Waals surface area contributed by atoms with Crippen molar-refractivity contribution in [3.8, 4) is 0 Å². The molecule has 0 amide bonds. The number of pyridine rings is 1. The van der Waals surface area contributed by atoms with Crippen LogP contribution < -0.4 is 10.6 Å². The molecule has 1 aliphatic heterocycles. The van der Waals surface area contributed by atoms with Crippen LogP contribution in [0.4, 0.5) is 0 Å². The fourth-order valence-corrected chi connectivity index (χ4v) is 2.99. The molecule has 140 valence electrons. The number of hydrogen-bond donors (Lipinski definition) is 2. The molecule has 0 aromatic carbocycles. The first-order chi connectivity index (χ1) is 12.1. The van der Waals surface area contributed by atoms with E-state index in [1.165, 1.54) is 5.56 Å². The molecule has 1 aromatic rings. The van der Waals surface area contributed by atoms with Crippen molar-refractivity contribution in [1.29, 1.82) is 0 Å². The number of ether oxygens (including phenoxy) is 1. The topological polar surface area (TPSA) is 61.8 Å². The Labute approximate surface area is 152 Å². The molecule has 0 bridgehead atoms. The molecule has 0 aliphatic carbocycles. The van der Waals surface area contributed by atoms with E-state index < -0.39 is 0 Å². The summed E-state index contributed by atoms with van der Waals surface area (Å²) in [5.74, 6) is 1.52. The molecule has 0 radical (unpaired) electrons. The van der Waals surface area contributed by atoms with E-state index in [0.717, 1.165) is 57.4 Å². The van der Waals surface area contributed by atoms with E-state index in [1.807, 2.05) is 19.2 Å². The van der Waals surface area contributed by atoms with Gasteiger partial charge < -0.3 is 15.4 Å². The van der Waals surface area contributed by atoms with E-state index >= 15 is 0 Å². The van der Waals surface area contributed by atoms with Crippen molar-refractivity contribution < 1.29 is 4.74 Å². The monoisotopic (exact) mass is 347 g/mol. The quantitative estimate of drug-likeness (QED) is 0.577. The van der Waals surface area contributed by atoms with E-state index in [9.17, 15) is 0 Å². The first-order valence-electron chi connectivity index (χ1n) is 9.27. The fraction of sp³-hybridized carbons (Fsp3) is 0.684. The van der Waals surface area contributed by atoms with Crippen LogP contribution in [0, 0.1) is 12.8 Å². The second kappa shape index (κ2) is 10.4. The maximum Gasteiger partial charge on any atom is 0.191 e. The molecule has 25 heavy (non-hydrogen) atoms. The van der Waals surface area contributed by atoms with Gasteiger partial charge in [0.2, 0.25) is 0 Å². The third-order valence-corrected chi connectivity index (χ3v) is 4.25. The van der Waals surface area contributed by atoms with Gasteiger partial charge in [-0.15, -0.1) is 0 Å². The number of hydrogen-bond acceptors (Lipinski definition) is 4. The summed E-state index contributed by atoms with van der Waals surface area (Å²) in [4.78, 5) is 11.1. The standard InChI is InChI=1S/C19H33N5O/c1-15(2)13-24-9-10-25-18(14-24)12-23-19(20-4)21-8-7-17-6-5-16(3)22-11-17/h5-6,11,15,18H,7-10,12-14H2,1-4H3,(H2,20,21,23). The molecular weight excluding hydrogens is 314 g/mol. The van der Waals surface area contributed by atoms with Crippen LogP contribution in [-0.2, 0) is 11.2 Å². The third-order valence-electron chi connectivity index (χ3n) is 4.25. The molecule has 2 rings (SSSR count). The number of aryl methyl sites for hydroxylation is 1. The van der Waals surface area contributed by atoms with Gasteiger partial charge in [-0.3, -0.25) is 14.9 Å². The maximum absolute atomic E-state index is 5.87. The molecule has 2 N–H and O–H groups in total. The highest BCUT2D eigenvalue weighted by Crippen LogP contribution is 2.07. The Morgan fingerprint density at radius 1 is 1.40 bits per heavy atom. The average Bonchev–Trinajstić information content (AvgIpc) is 2.59. The van der Waals surface area contributed by atoms with Crippen LogP contribution in [0.3, 0.4) is 0 Å². The normalized spacial score (nSPS) is 19.2. The Morgan fingerprint density at radius 2 is 2.24 bits per heavy atom. The van der Waals surface area contributed by atoms with Crippen LogP contribution in [0.2, 0.25) is 0 Å². The molecule has 0 saturated carbocycles. The number of aromatic nitrogens is 1. The molecule has 1 saturated heterocycles. The van der Waals surface area contributed by atoms with E-state index in [4.69, 9.17) is 4.74 Å². The van der Waals surface area contributed by atoms with Crippen molar-refractivity contribution in [3.63, 3.8) is 0 Å². The number of rotatable bonds is 7. The summed E-state index contributed by atoms with van der Waals surface area (Å²) < 4.78 is 5.87. The van der Waals surface area contributed by atoms with E-state index in [0.29, 0.717) is 5.92 Å². The number of morpholine rings is 1. The Hall–Kier alpha value is -1.66. The average molecular weight is 348 g/mol. The van der Waals surface area contributed by atoms with Crippen molar-refractivity contribution in [2.24, 2.45) is 10.9 Å². The van der Waals surface area contributed by atoms with Crippen LogP contribution in [-0.4, -0.2) is 68.3 Å². The third kappa shape index (κ3) is 7.40. The lowest BCUT2D eigenvalue weighted by Crippen LogP contribution is -2.50. The van der Waals surface area contributed by atoms with Gasteiger partial charge in [0.1, 0.15) is 0 Å². The van der Waals surface area contributed by atoms with E-state index in [1.54, 1.807) is 7.05 Å². The predicted molar refractivity (Wildman–Crippen MR) is 103 cm³/mol. The summed E-state index contributed by atoms with van der Waals surface area (Å²) in [5, 5.41) is 6.74. The summed E-state index contributed by atoms with van der Waals surface area (Å²) in [6, 6.07) is 4.17. The van der Waals surface area contributed by atoms with Crippen molar-refractivity contribution in [2.75, 3.05) is 46.4 Å². The minimum atomic E-state index is 0.215. The minimum absolute atomic E-state index is 0.215. The van der Waals surface area contributed by atoms with Crippen LogP contribution in [0.15, 0.2) is 23.3 Å². The molecule has 0 spiro atoms. The summed E-state index contributed by atoms with van der Waals surface area (Å²) >= 11 is 0. The molecule has 1 aliphatic rings. The number of aliphatic imine (C=N–C) groups is 1. The SMILES string of the molecule is CN=C(NCCc1ccc(C)nc1)NCC1CN(CC(C)C)CCO1. The molecule has 2 heterocycles. The second-order valence-corrected chi connectivity index (χ2v) is 7.08. The van der Waals surface area contributed by atoms with Crippen LogP contribution in [0.25, 0.3) is 0 Å². The van der Waals surface area contributed by atoms with Gasteiger partial charge in [-0.1, -0.05) is 19.9 Å². The van der Waals surface area contributed by atoms with Gasteiger partial charge in [0, 0.05) is 51.7 Å². The zero-order chi connectivity index (χ0) is 18.1. The van der Waals surface area contributed by atoms with E-state index in [2.05, 4.69) is 45.4 Å². The molecule has 1 unspecified atom stereocenters. The second-order valence-electron chi connectivity index (χ2n) is 7.08. The smallest absolute Gasteiger partial charge is 0.191 e. The summed E-state index contributed by atoms with van der Waals surface area (Å²) in [6.45, 7) is 12.1. The lowest BCUT2D eigenvalue weighted by atomic mass is 10.2. The van der Waals surface area contributed by atoms with Crippen LogP contribution in [0.5, 0.6) is 0 Å². The fourth-order valence-electron chi connectivity index (χ4n) is 2.99. The molecule has 1 fully saturated rings. The van der Waals surface area contributed by atoms with Gasteiger partial charge in [0.25, 0.3) is 0 Å². The van der Waals surface area contributed by atoms with Gasteiger partial charge >= 0.3 is 0 Å². The van der Waals surface area contributed by atoms with Gasteiger partial charge in [-0.05, 0) is 30.9 Å². The minimum Gasteiger partial charge on any atom is -0.374 e. The highest BCUT2D eigenvalue weighted by Gasteiger charge is 2.20. The van der Waals surface area contributed by atoms with Crippen LogP contribution >= 0.6 is 0 Å². The molecule has 6 heteroatoms. The van der Waals surface area contributed by atoms with Crippen molar-refractivity contribution >= 4 is 5.96 Å². The number of nitrogens with one attached hydrogen (secondary N) is 2. The predicted octanol–water partition coefficient (Wildman–Crippen LogP) is 1.45. The Bertz CT molecular complexity index is 529. The Balaban J connectivity index is 1.68. The van der Waals surface area contributed by atoms with Gasteiger partial charge in [-0.25, -0.2) is 0 Å². The zero-order valence-corrected chi connectivity index (χ0v) is 16.1. The van der Waals surface area contributed by atoms with Gasteiger partial charge in [-0.2, -0.15) is 0 Å². The van der Waals surface area contributed by atoms with Crippen LogP contribution in [0.1, 0.15) is 25.1 Å². The van der Waals surface area contributed by atoms with E-state index in [-0.39, 0.29) is 6.10 Å². The Morgan fingerprint density at radius 3 is 2.92 bits per heavy atom. The molecule has 1 aromatic heterocycles. The summed E-state index contributed by atoms with van der Waals surface area (Å²) in [6.07, 6.45) is 3.08. The highest BCUT2D eigenvalue weighted by atomic mass is 16.5.